The number of hydrogen-bond acceptors (Lipinski definition) is 2. The van der Waals surface area contributed by atoms with Gasteiger partial charge in [0, 0.05) is 29.4 Å². The Bertz CT molecular complexity index is 954. The Morgan fingerprint density at radius 3 is 2.79 bits per heavy atom. The molecule has 3 heteroatoms. The highest BCUT2D eigenvalue weighted by Crippen LogP contribution is 2.53. The van der Waals surface area contributed by atoms with E-state index in [1.165, 1.54) is 27.8 Å². The van der Waals surface area contributed by atoms with Crippen LogP contribution in [0.5, 0.6) is 5.75 Å². The Morgan fingerprint density at radius 1 is 1.12 bits per heavy atom. The molecule has 3 nitrogen and oxygen atoms in total. The van der Waals surface area contributed by atoms with Crippen LogP contribution in [0.25, 0.3) is 10.9 Å². The van der Waals surface area contributed by atoms with Crippen LogP contribution in [0.1, 0.15) is 31.1 Å². The normalized spacial score (nSPS) is 23.3. The van der Waals surface area contributed by atoms with Crippen molar-refractivity contribution in [2.24, 2.45) is 5.92 Å². The van der Waals surface area contributed by atoms with Crippen molar-refractivity contribution in [3.05, 3.63) is 59.8 Å². The molecular formula is C21H22N2O. The van der Waals surface area contributed by atoms with Crippen molar-refractivity contribution in [2.75, 3.05) is 12.4 Å². The molecule has 2 aliphatic heterocycles. The number of para-hydroxylation sites is 1. The van der Waals surface area contributed by atoms with Gasteiger partial charge in [-0.25, -0.2) is 0 Å². The second-order valence-electron chi connectivity index (χ2n) is 7.60. The summed E-state index contributed by atoms with van der Waals surface area (Å²) < 4.78 is 7.96. The molecule has 0 saturated heterocycles. The molecule has 2 aliphatic rings. The molecule has 1 N–H and O–H groups in total. The van der Waals surface area contributed by atoms with Crippen molar-refractivity contribution in [1.82, 2.24) is 4.57 Å². The fourth-order valence-corrected chi connectivity index (χ4v) is 4.70. The van der Waals surface area contributed by atoms with E-state index >= 15 is 0 Å². The lowest BCUT2D eigenvalue weighted by Crippen LogP contribution is -2.39. The lowest BCUT2D eigenvalue weighted by atomic mass is 9.67. The summed E-state index contributed by atoms with van der Waals surface area (Å²) in [6.45, 7) is 5.81. The SMILES string of the molecule is COc1ccc2c(c1)C(C)(C)[C@@H]1Cn3c(cc4ccccc43)[C@@H]1N2. The minimum atomic E-state index is 0.0971. The van der Waals surface area contributed by atoms with Crippen molar-refractivity contribution in [3.63, 3.8) is 0 Å². The van der Waals surface area contributed by atoms with Gasteiger partial charge >= 0.3 is 0 Å². The molecule has 122 valence electrons. The summed E-state index contributed by atoms with van der Waals surface area (Å²) >= 11 is 0. The predicted molar refractivity (Wildman–Crippen MR) is 97.8 cm³/mol. The summed E-state index contributed by atoms with van der Waals surface area (Å²) in [5, 5.41) is 5.15. The smallest absolute Gasteiger partial charge is 0.119 e. The molecule has 0 amide bonds. The second kappa shape index (κ2) is 4.56. The quantitative estimate of drug-likeness (QED) is 0.702. The van der Waals surface area contributed by atoms with E-state index in [0.29, 0.717) is 12.0 Å². The second-order valence-corrected chi connectivity index (χ2v) is 7.60. The molecule has 0 unspecified atom stereocenters. The fraction of sp³-hybridized carbons (Fsp3) is 0.333. The Morgan fingerprint density at radius 2 is 1.96 bits per heavy atom. The lowest BCUT2D eigenvalue weighted by molar-refractivity contribution is 0.273. The molecule has 3 aromatic rings. The van der Waals surface area contributed by atoms with Crippen molar-refractivity contribution in [2.45, 2.75) is 31.8 Å². The van der Waals surface area contributed by atoms with Gasteiger partial charge in [0.1, 0.15) is 5.75 Å². The van der Waals surface area contributed by atoms with E-state index in [9.17, 15) is 0 Å². The van der Waals surface area contributed by atoms with Crippen molar-refractivity contribution >= 4 is 16.6 Å². The molecule has 0 bridgehead atoms. The molecule has 24 heavy (non-hydrogen) atoms. The third-order valence-electron chi connectivity index (χ3n) is 6.10. The van der Waals surface area contributed by atoms with E-state index in [-0.39, 0.29) is 5.41 Å². The van der Waals surface area contributed by atoms with Gasteiger partial charge in [0.05, 0.1) is 13.2 Å². The standard InChI is InChI=1S/C21H22N2O/c1-21(2)15-11-14(24-3)8-9-17(15)22-20-16(21)12-23-18-7-5-4-6-13(18)10-19(20)23/h4-11,16,20,22H,12H2,1-3H3/t16-,20-/m1/s1. The van der Waals surface area contributed by atoms with Crippen LogP contribution in [-0.4, -0.2) is 11.7 Å². The Hall–Kier alpha value is -2.42. The zero-order valence-electron chi connectivity index (χ0n) is 14.3. The lowest BCUT2D eigenvalue weighted by Gasteiger charge is -2.42. The number of nitrogens with one attached hydrogen (secondary N) is 1. The average Bonchev–Trinajstić information content (AvgIpc) is 3.12. The number of fused-ring (bicyclic) bond motifs is 6. The third kappa shape index (κ3) is 1.67. The van der Waals surface area contributed by atoms with Crippen molar-refractivity contribution in [1.29, 1.82) is 0 Å². The number of anilines is 1. The minimum absolute atomic E-state index is 0.0971. The first-order valence-corrected chi connectivity index (χ1v) is 8.63. The molecule has 2 atom stereocenters. The highest BCUT2D eigenvalue weighted by Gasteiger charge is 2.47. The number of aromatic nitrogens is 1. The number of hydrogen-bond donors (Lipinski definition) is 1. The topological polar surface area (TPSA) is 26.2 Å². The number of benzene rings is 2. The van der Waals surface area contributed by atoms with E-state index in [0.717, 1.165) is 12.3 Å². The van der Waals surface area contributed by atoms with E-state index in [1.54, 1.807) is 7.11 Å². The van der Waals surface area contributed by atoms with Gasteiger partial charge in [-0.1, -0.05) is 32.0 Å². The van der Waals surface area contributed by atoms with E-state index in [2.05, 4.69) is 66.2 Å². The minimum Gasteiger partial charge on any atom is -0.497 e. The number of rotatable bonds is 1. The molecule has 0 saturated carbocycles. The highest BCUT2D eigenvalue weighted by atomic mass is 16.5. The molecule has 0 aliphatic carbocycles. The summed E-state index contributed by atoms with van der Waals surface area (Å²) in [5.41, 5.74) is 5.45. The maximum atomic E-state index is 5.46. The first kappa shape index (κ1) is 14.0. The predicted octanol–water partition coefficient (Wildman–Crippen LogP) is 4.72. The van der Waals surface area contributed by atoms with Gasteiger partial charge in [0.25, 0.3) is 0 Å². The van der Waals surface area contributed by atoms with Crippen molar-refractivity contribution in [3.8, 4) is 5.75 Å². The van der Waals surface area contributed by atoms with Crippen LogP contribution in [0.3, 0.4) is 0 Å². The molecular weight excluding hydrogens is 296 g/mol. The molecule has 5 rings (SSSR count). The first-order valence-electron chi connectivity index (χ1n) is 8.63. The molecule has 0 spiro atoms. The number of methoxy groups -OCH3 is 1. The molecule has 3 heterocycles. The summed E-state index contributed by atoms with van der Waals surface area (Å²) in [6, 6.07) is 17.8. The van der Waals surface area contributed by atoms with Gasteiger partial charge in [-0.05, 0) is 46.7 Å². The molecule has 0 radical (unpaired) electrons. The fourth-order valence-electron chi connectivity index (χ4n) is 4.70. The van der Waals surface area contributed by atoms with E-state index in [1.807, 2.05) is 6.07 Å². The van der Waals surface area contributed by atoms with Gasteiger partial charge in [-0.15, -0.1) is 0 Å². The van der Waals surface area contributed by atoms with Gasteiger partial charge < -0.3 is 14.6 Å². The Labute approximate surface area is 142 Å². The van der Waals surface area contributed by atoms with Crippen LogP contribution < -0.4 is 10.1 Å². The van der Waals surface area contributed by atoms with Crippen LogP contribution >= 0.6 is 0 Å². The van der Waals surface area contributed by atoms with Crippen molar-refractivity contribution < 1.29 is 4.74 Å². The first-order chi connectivity index (χ1) is 11.6. The van der Waals surface area contributed by atoms with E-state index < -0.39 is 0 Å². The van der Waals surface area contributed by atoms with Gasteiger partial charge in [0.2, 0.25) is 0 Å². The summed E-state index contributed by atoms with van der Waals surface area (Å²) in [7, 11) is 1.74. The maximum absolute atomic E-state index is 5.46. The average molecular weight is 318 g/mol. The van der Waals surface area contributed by atoms with Crippen LogP contribution in [0, 0.1) is 5.92 Å². The zero-order valence-corrected chi connectivity index (χ0v) is 14.3. The molecule has 1 aromatic heterocycles. The molecule has 2 aromatic carbocycles. The summed E-state index contributed by atoms with van der Waals surface area (Å²) in [4.78, 5) is 0. The summed E-state index contributed by atoms with van der Waals surface area (Å²) in [5.74, 6) is 1.47. The van der Waals surface area contributed by atoms with Crippen LogP contribution in [0.2, 0.25) is 0 Å². The Balaban J connectivity index is 1.67. The van der Waals surface area contributed by atoms with Crippen LogP contribution in [0.15, 0.2) is 48.5 Å². The zero-order chi connectivity index (χ0) is 16.5. The third-order valence-corrected chi connectivity index (χ3v) is 6.10. The van der Waals surface area contributed by atoms with Crippen LogP contribution in [-0.2, 0) is 12.0 Å². The highest BCUT2D eigenvalue weighted by molar-refractivity contribution is 5.82. The van der Waals surface area contributed by atoms with Gasteiger partial charge in [-0.2, -0.15) is 0 Å². The number of ether oxygens (including phenoxy) is 1. The Kier molecular flexibility index (Phi) is 2.66. The number of nitrogens with zero attached hydrogens (tertiary/aromatic N) is 1. The van der Waals surface area contributed by atoms with Gasteiger partial charge in [0.15, 0.2) is 0 Å². The molecule has 0 fully saturated rings. The monoisotopic (exact) mass is 318 g/mol. The van der Waals surface area contributed by atoms with Crippen LogP contribution in [0.4, 0.5) is 5.69 Å². The van der Waals surface area contributed by atoms with E-state index in [4.69, 9.17) is 4.74 Å². The summed E-state index contributed by atoms with van der Waals surface area (Å²) in [6.07, 6.45) is 0. The maximum Gasteiger partial charge on any atom is 0.119 e. The largest absolute Gasteiger partial charge is 0.497 e. The van der Waals surface area contributed by atoms with Gasteiger partial charge in [-0.3, -0.25) is 0 Å².